The second kappa shape index (κ2) is 12.1. The van der Waals surface area contributed by atoms with Gasteiger partial charge >= 0.3 is 181 Å². The molecule has 0 fully saturated rings. The van der Waals surface area contributed by atoms with Crippen LogP contribution in [0.2, 0.25) is 13.1 Å². The van der Waals surface area contributed by atoms with Gasteiger partial charge in [-0.25, -0.2) is 0 Å². The Kier molecular flexibility index (Phi) is 10.8. The maximum atomic E-state index is 2.67. The van der Waals surface area contributed by atoms with Crippen molar-refractivity contribution >= 4 is 18.1 Å². The summed E-state index contributed by atoms with van der Waals surface area (Å²) in [6.45, 7) is 10.0. The van der Waals surface area contributed by atoms with Crippen LogP contribution in [-0.4, -0.2) is 5.92 Å². The molecule has 4 heteroatoms. The summed E-state index contributed by atoms with van der Waals surface area (Å²) in [6.07, 6.45) is 10.3. The second-order valence-electron chi connectivity index (χ2n) is 8.72. The number of hydrogen-bond acceptors (Lipinski definition) is 0. The first kappa shape index (κ1) is 26.7. The molecule has 0 aromatic heterocycles. The molecule has 0 aliphatic heterocycles. The summed E-state index contributed by atoms with van der Waals surface area (Å²) in [7, 11) is 0. The van der Waals surface area contributed by atoms with E-state index >= 15 is 0 Å². The maximum Gasteiger partial charge on any atom is -1.00 e. The third kappa shape index (κ3) is 5.17. The van der Waals surface area contributed by atoms with E-state index in [0.29, 0.717) is 0 Å². The van der Waals surface area contributed by atoms with Gasteiger partial charge in [-0.2, -0.15) is 0 Å². The summed E-state index contributed by atoms with van der Waals surface area (Å²) in [5.41, 5.74) is 9.97. The molecule has 159 valence electrons. The van der Waals surface area contributed by atoms with Gasteiger partial charge in [-0.15, -0.1) is 0 Å². The minimum atomic E-state index is -1.82. The Bertz CT molecular complexity index is 847. The van der Waals surface area contributed by atoms with Crippen LogP contribution in [0.25, 0.3) is 12.2 Å². The fourth-order valence-electron chi connectivity index (χ4n) is 5.41. The van der Waals surface area contributed by atoms with E-state index in [1.165, 1.54) is 36.8 Å². The van der Waals surface area contributed by atoms with Gasteiger partial charge in [0.1, 0.15) is 0 Å². The third-order valence-electron chi connectivity index (χ3n) is 6.45. The summed E-state index contributed by atoms with van der Waals surface area (Å²) < 4.78 is 1.61. The van der Waals surface area contributed by atoms with E-state index in [0.717, 1.165) is 7.25 Å². The number of hydrogen-bond donors (Lipinski definition) is 0. The molecule has 0 N–H and O–H groups in total. The van der Waals surface area contributed by atoms with Crippen molar-refractivity contribution in [2.24, 2.45) is 0 Å². The molecule has 4 rings (SSSR count). The van der Waals surface area contributed by atoms with Gasteiger partial charge in [0.25, 0.3) is 0 Å². The minimum absolute atomic E-state index is 0. The predicted octanol–water partition coefficient (Wildman–Crippen LogP) is 1.47. The van der Waals surface area contributed by atoms with E-state index in [4.69, 9.17) is 0 Å². The van der Waals surface area contributed by atoms with Gasteiger partial charge in [-0.3, -0.25) is 0 Å². The molecule has 0 spiro atoms. The molecule has 0 bridgehead atoms. The van der Waals surface area contributed by atoms with Crippen molar-refractivity contribution in [3.05, 3.63) is 81.9 Å². The fraction of sp³-hybridized carbons (Fsp3) is 0.385. The van der Waals surface area contributed by atoms with Gasteiger partial charge in [0.15, 0.2) is 0 Å². The molecule has 2 aliphatic rings. The molecule has 0 nitrogen and oxygen atoms in total. The van der Waals surface area contributed by atoms with Crippen molar-refractivity contribution in [3.63, 3.8) is 0 Å². The van der Waals surface area contributed by atoms with E-state index in [2.05, 4.69) is 87.6 Å². The predicted molar refractivity (Wildman–Crippen MR) is 123 cm³/mol. The van der Waals surface area contributed by atoms with Crippen molar-refractivity contribution in [2.75, 3.05) is 0 Å². The van der Waals surface area contributed by atoms with Gasteiger partial charge in [0.05, 0.1) is 0 Å². The summed E-state index contributed by atoms with van der Waals surface area (Å²) in [4.78, 5) is 0. The largest absolute Gasteiger partial charge is 1.00 e. The van der Waals surface area contributed by atoms with Gasteiger partial charge in [-0.1, -0.05) is 0 Å². The summed E-state index contributed by atoms with van der Waals surface area (Å²) >= 11 is -1.82. The third-order valence-corrected chi connectivity index (χ3v) is 28.2. The zero-order chi connectivity index (χ0) is 19.7. The van der Waals surface area contributed by atoms with Crippen molar-refractivity contribution in [3.8, 4) is 0 Å². The van der Waals surface area contributed by atoms with Crippen molar-refractivity contribution < 1.29 is 68.9 Å². The van der Waals surface area contributed by atoms with Crippen molar-refractivity contribution in [1.82, 2.24) is 0 Å². The number of fused-ring (bicyclic) bond motifs is 2. The Morgan fingerprint density at radius 3 is 1.47 bits per heavy atom. The zero-order valence-corrected chi connectivity index (χ0v) is 26.5. The van der Waals surface area contributed by atoms with Crippen LogP contribution in [0.15, 0.2) is 59.7 Å². The molecular formula is C26H33I2SiZr. The molecule has 0 amide bonds. The van der Waals surface area contributed by atoms with Crippen LogP contribution >= 0.6 is 0 Å². The Morgan fingerprint density at radius 1 is 0.700 bits per heavy atom. The van der Waals surface area contributed by atoms with Crippen LogP contribution in [0, 0.1) is 0 Å². The number of allylic oxidation sites excluding steroid dienone is 2. The average molecular weight is 719 g/mol. The summed E-state index contributed by atoms with van der Waals surface area (Å²) in [5, 5.41) is 0. The van der Waals surface area contributed by atoms with Crippen LogP contribution < -0.4 is 48.0 Å². The van der Waals surface area contributed by atoms with E-state index < -0.39 is 26.8 Å². The van der Waals surface area contributed by atoms with Crippen LogP contribution in [0.3, 0.4) is 0 Å². The number of benzene rings is 2. The van der Waals surface area contributed by atoms with Crippen LogP contribution in [0.1, 0.15) is 69.0 Å². The number of halogens is 2. The first-order valence-corrected chi connectivity index (χ1v) is 21.1. The molecule has 0 radical (unpaired) electrons. The van der Waals surface area contributed by atoms with E-state index in [-0.39, 0.29) is 48.0 Å². The standard InChI is InChI=1S/2C12H13.C2H7Si.2HI.Zr/c2*1-2-5-10-8-11-6-3-4-7-12(11)9-10;1-3-2;;;/h2*3-4,6-9H,2,5H2,1H3;3H,1-2H3;2*1H;/q;;;;;+2/p-2. The second-order valence-corrected chi connectivity index (χ2v) is 28.8. The fourth-order valence-corrected chi connectivity index (χ4v) is 28.3. The van der Waals surface area contributed by atoms with Crippen LogP contribution in [0.5, 0.6) is 0 Å². The Hall–Kier alpha value is 0.480. The molecule has 30 heavy (non-hydrogen) atoms. The molecular weight excluding hydrogens is 685 g/mol. The SMILES string of the molecule is CCCC1=Cc2ccccc2[CH]1[Zr+2]([CH]1C(CCC)=Cc2ccccc21)[SiH](C)C.[I-].[I-]. The normalized spacial score (nSPS) is 18.7. The topological polar surface area (TPSA) is 0 Å². The van der Waals surface area contributed by atoms with E-state index in [1.807, 2.05) is 0 Å². The molecule has 2 unspecified atom stereocenters. The quantitative estimate of drug-likeness (QED) is 0.301. The molecule has 2 aliphatic carbocycles. The molecule has 2 atom stereocenters. The van der Waals surface area contributed by atoms with Gasteiger partial charge < -0.3 is 48.0 Å². The number of rotatable bonds is 7. The zero-order valence-electron chi connectivity index (χ0n) is 18.6. The van der Waals surface area contributed by atoms with Gasteiger partial charge in [0, 0.05) is 0 Å². The molecule has 0 saturated carbocycles. The molecule has 2 aromatic carbocycles. The molecule has 0 heterocycles. The first-order valence-electron chi connectivity index (χ1n) is 11.1. The molecule has 0 saturated heterocycles. The van der Waals surface area contributed by atoms with Gasteiger partial charge in [0.2, 0.25) is 0 Å². The smallest absolute Gasteiger partial charge is 1.00 e. The monoisotopic (exact) mass is 717 g/mol. The minimum Gasteiger partial charge on any atom is -1.00 e. The summed E-state index contributed by atoms with van der Waals surface area (Å²) in [6, 6.07) is 18.7. The van der Waals surface area contributed by atoms with E-state index in [1.54, 1.807) is 22.3 Å². The Labute approximate surface area is 226 Å². The van der Waals surface area contributed by atoms with Crippen LogP contribution in [0.4, 0.5) is 0 Å². The van der Waals surface area contributed by atoms with Crippen LogP contribution in [-0.2, 0) is 20.9 Å². The van der Waals surface area contributed by atoms with Gasteiger partial charge in [-0.05, 0) is 0 Å². The maximum absolute atomic E-state index is 2.67. The van der Waals surface area contributed by atoms with Crippen molar-refractivity contribution in [2.45, 2.75) is 59.9 Å². The Morgan fingerprint density at radius 2 is 1.10 bits per heavy atom. The molecule has 2 aromatic rings. The first-order chi connectivity index (χ1) is 13.7. The summed E-state index contributed by atoms with van der Waals surface area (Å²) in [5.74, 6) is -0.721. The Balaban J connectivity index is 0.00000160. The average Bonchev–Trinajstić information content (AvgIpc) is 3.22. The van der Waals surface area contributed by atoms with Crippen molar-refractivity contribution in [1.29, 1.82) is 0 Å². The van der Waals surface area contributed by atoms with E-state index in [9.17, 15) is 0 Å².